The van der Waals surface area contributed by atoms with Crippen LogP contribution in [0.2, 0.25) is 0 Å². The topological polar surface area (TPSA) is 73.8 Å². The third kappa shape index (κ3) is 5.31. The van der Waals surface area contributed by atoms with Crippen molar-refractivity contribution in [3.63, 3.8) is 0 Å². The fourth-order valence-electron chi connectivity index (χ4n) is 3.93. The summed E-state index contributed by atoms with van der Waals surface area (Å²) in [5, 5.41) is 3.48. The van der Waals surface area contributed by atoms with Gasteiger partial charge in [0.25, 0.3) is 0 Å². The Bertz CT molecular complexity index is 898. The number of amides is 1. The van der Waals surface area contributed by atoms with Crippen molar-refractivity contribution >= 4 is 23.2 Å². The van der Waals surface area contributed by atoms with Gasteiger partial charge in [-0.2, -0.15) is 8.78 Å². The molecule has 1 unspecified atom stereocenters. The summed E-state index contributed by atoms with van der Waals surface area (Å²) in [4.78, 5) is 26.6. The van der Waals surface area contributed by atoms with Gasteiger partial charge in [0.05, 0.1) is 6.54 Å². The minimum Gasteiger partial charge on any atom is -0.435 e. The molecular weight excluding hydrogens is 406 g/mol. The molecule has 2 fully saturated rings. The molecule has 166 valence electrons. The van der Waals surface area contributed by atoms with E-state index in [1.807, 2.05) is 11.0 Å². The first-order valence-electron chi connectivity index (χ1n) is 10.4. The Kier molecular flexibility index (Phi) is 6.34. The Morgan fingerprint density at radius 1 is 1.13 bits per heavy atom. The highest BCUT2D eigenvalue weighted by molar-refractivity contribution is 5.82. The predicted molar refractivity (Wildman–Crippen MR) is 114 cm³/mol. The summed E-state index contributed by atoms with van der Waals surface area (Å²) in [6.07, 6.45) is 3.51. The fraction of sp³-hybridized carbons (Fsp3) is 0.476. The molecule has 3 heterocycles. The van der Waals surface area contributed by atoms with Crippen molar-refractivity contribution in [1.82, 2.24) is 14.9 Å². The number of nitrogens with one attached hydrogen (secondary N) is 1. The molecule has 0 saturated carbocycles. The summed E-state index contributed by atoms with van der Waals surface area (Å²) in [6, 6.07) is 8.79. The lowest BCUT2D eigenvalue weighted by atomic mass is 10.0. The number of piperidine rings is 1. The maximum absolute atomic E-state index is 12.3. The van der Waals surface area contributed by atoms with Gasteiger partial charge in [-0.05, 0) is 37.1 Å². The molecule has 1 aromatic carbocycles. The lowest BCUT2D eigenvalue weighted by Crippen LogP contribution is -2.48. The number of carbonyl (C=O) groups is 1. The Labute approximate surface area is 179 Å². The highest BCUT2D eigenvalue weighted by Crippen LogP contribution is 2.25. The summed E-state index contributed by atoms with van der Waals surface area (Å²) >= 11 is 0. The minimum atomic E-state index is -2.82. The molecule has 31 heavy (non-hydrogen) atoms. The van der Waals surface area contributed by atoms with Crippen LogP contribution in [0.5, 0.6) is 5.75 Å². The smallest absolute Gasteiger partial charge is 0.387 e. The molecule has 4 rings (SSSR count). The highest BCUT2D eigenvalue weighted by Gasteiger charge is 2.24. The monoisotopic (exact) mass is 432 g/mol. The molecule has 0 bridgehead atoms. The van der Waals surface area contributed by atoms with Crippen LogP contribution in [-0.2, 0) is 4.79 Å². The fourth-order valence-corrected chi connectivity index (χ4v) is 3.93. The number of hydrogen-bond donors (Lipinski definition) is 1. The quantitative estimate of drug-likeness (QED) is 0.752. The van der Waals surface area contributed by atoms with Crippen LogP contribution in [0.4, 0.5) is 26.1 Å². The van der Waals surface area contributed by atoms with E-state index in [-0.39, 0.29) is 17.7 Å². The van der Waals surface area contributed by atoms with Gasteiger partial charge in [0, 0.05) is 51.0 Å². The number of hydrogen-bond acceptors (Lipinski definition) is 7. The Morgan fingerprint density at radius 2 is 1.94 bits per heavy atom. The molecule has 0 spiro atoms. The number of anilines is 3. The highest BCUT2D eigenvalue weighted by atomic mass is 19.3. The van der Waals surface area contributed by atoms with Crippen LogP contribution >= 0.6 is 0 Å². The molecule has 1 atom stereocenters. The standard InChI is InChI=1S/C21H26F2N6O2/c1-27-9-10-29(13-20(27)30)19-11-18(24-14-25-19)26-15-3-2-8-28(12-15)16-4-6-17(7-5-16)31-21(22)23/h4-7,11,14-15,21H,2-3,8-10,12-13H2,1H3,(H,24,25,26). The average molecular weight is 432 g/mol. The summed E-state index contributed by atoms with van der Waals surface area (Å²) in [5.41, 5.74) is 0.965. The third-order valence-corrected chi connectivity index (χ3v) is 5.63. The number of ether oxygens (including phenoxy) is 1. The SMILES string of the molecule is CN1CCN(c2cc(NC3CCCN(c4ccc(OC(F)F)cc4)C3)ncn2)CC1=O. The van der Waals surface area contributed by atoms with E-state index in [1.54, 1.807) is 36.2 Å². The first kappa shape index (κ1) is 21.1. The van der Waals surface area contributed by atoms with Crippen LogP contribution in [0, 0.1) is 0 Å². The van der Waals surface area contributed by atoms with E-state index >= 15 is 0 Å². The predicted octanol–water partition coefficient (Wildman–Crippen LogP) is 2.44. The normalized spacial score (nSPS) is 19.7. The first-order valence-corrected chi connectivity index (χ1v) is 10.4. The minimum absolute atomic E-state index is 0.0762. The molecular formula is C21H26F2N6O2. The zero-order valence-corrected chi connectivity index (χ0v) is 17.4. The van der Waals surface area contributed by atoms with Crippen LogP contribution in [0.15, 0.2) is 36.7 Å². The molecule has 2 saturated heterocycles. The zero-order chi connectivity index (χ0) is 21.8. The number of likely N-dealkylation sites (N-methyl/N-ethyl adjacent to an activating group) is 1. The number of piperazine rings is 1. The average Bonchev–Trinajstić information content (AvgIpc) is 2.76. The molecule has 0 radical (unpaired) electrons. The second-order valence-electron chi connectivity index (χ2n) is 7.80. The lowest BCUT2D eigenvalue weighted by Gasteiger charge is -2.35. The number of aromatic nitrogens is 2. The van der Waals surface area contributed by atoms with Crippen molar-refractivity contribution in [3.05, 3.63) is 36.7 Å². The number of alkyl halides is 2. The van der Waals surface area contributed by atoms with Crippen LogP contribution < -0.4 is 19.9 Å². The van der Waals surface area contributed by atoms with E-state index in [0.29, 0.717) is 13.1 Å². The molecule has 1 aromatic heterocycles. The van der Waals surface area contributed by atoms with Gasteiger partial charge in [-0.3, -0.25) is 4.79 Å². The van der Waals surface area contributed by atoms with Crippen LogP contribution in [0.25, 0.3) is 0 Å². The van der Waals surface area contributed by atoms with E-state index in [4.69, 9.17) is 0 Å². The van der Waals surface area contributed by atoms with Crippen LogP contribution in [0.3, 0.4) is 0 Å². The third-order valence-electron chi connectivity index (χ3n) is 5.63. The summed E-state index contributed by atoms with van der Waals surface area (Å²) in [7, 11) is 1.81. The number of rotatable bonds is 6. The largest absolute Gasteiger partial charge is 0.435 e. The summed E-state index contributed by atoms with van der Waals surface area (Å²) in [6.45, 7) is 0.560. The maximum Gasteiger partial charge on any atom is 0.387 e. The Morgan fingerprint density at radius 3 is 2.68 bits per heavy atom. The molecule has 8 nitrogen and oxygen atoms in total. The second-order valence-corrected chi connectivity index (χ2v) is 7.80. The first-order chi connectivity index (χ1) is 15.0. The van der Waals surface area contributed by atoms with E-state index < -0.39 is 6.61 Å². The van der Waals surface area contributed by atoms with Gasteiger partial charge in [-0.25, -0.2) is 9.97 Å². The van der Waals surface area contributed by atoms with Gasteiger partial charge in [0.2, 0.25) is 5.91 Å². The number of carbonyl (C=O) groups excluding carboxylic acids is 1. The molecule has 1 amide bonds. The van der Waals surface area contributed by atoms with E-state index in [9.17, 15) is 13.6 Å². The number of benzene rings is 1. The Balaban J connectivity index is 1.38. The van der Waals surface area contributed by atoms with E-state index in [0.717, 1.165) is 49.8 Å². The second kappa shape index (κ2) is 9.32. The molecule has 0 aliphatic carbocycles. The van der Waals surface area contributed by atoms with Crippen molar-refractivity contribution in [2.24, 2.45) is 0 Å². The van der Waals surface area contributed by atoms with Gasteiger partial charge in [0.15, 0.2) is 0 Å². The maximum atomic E-state index is 12.3. The van der Waals surface area contributed by atoms with Crippen molar-refractivity contribution in [2.45, 2.75) is 25.5 Å². The molecule has 2 aliphatic rings. The van der Waals surface area contributed by atoms with Gasteiger partial charge >= 0.3 is 6.61 Å². The molecule has 2 aliphatic heterocycles. The summed E-state index contributed by atoms with van der Waals surface area (Å²) in [5.74, 6) is 1.69. The van der Waals surface area contributed by atoms with Crippen molar-refractivity contribution in [1.29, 1.82) is 0 Å². The van der Waals surface area contributed by atoms with Crippen molar-refractivity contribution in [2.75, 3.05) is 54.9 Å². The lowest BCUT2D eigenvalue weighted by molar-refractivity contribution is -0.129. The number of halogens is 2. The molecule has 10 heteroatoms. The number of nitrogens with zero attached hydrogens (tertiary/aromatic N) is 5. The zero-order valence-electron chi connectivity index (χ0n) is 17.4. The Hall–Kier alpha value is -3.17. The van der Waals surface area contributed by atoms with Gasteiger partial charge in [-0.1, -0.05) is 0 Å². The molecule has 1 N–H and O–H groups in total. The van der Waals surface area contributed by atoms with Crippen molar-refractivity contribution < 1.29 is 18.3 Å². The van der Waals surface area contributed by atoms with Crippen LogP contribution in [-0.4, -0.2) is 73.2 Å². The summed E-state index contributed by atoms with van der Waals surface area (Å²) < 4.78 is 29.1. The van der Waals surface area contributed by atoms with Crippen LogP contribution in [0.1, 0.15) is 12.8 Å². The van der Waals surface area contributed by atoms with Gasteiger partial charge in [-0.15, -0.1) is 0 Å². The molecule has 2 aromatic rings. The van der Waals surface area contributed by atoms with Crippen molar-refractivity contribution in [3.8, 4) is 5.75 Å². The van der Waals surface area contributed by atoms with E-state index in [2.05, 4.69) is 24.9 Å². The van der Waals surface area contributed by atoms with Gasteiger partial charge in [0.1, 0.15) is 23.7 Å². The van der Waals surface area contributed by atoms with E-state index in [1.165, 1.54) is 6.33 Å². The van der Waals surface area contributed by atoms with Gasteiger partial charge < -0.3 is 24.8 Å².